The summed E-state index contributed by atoms with van der Waals surface area (Å²) >= 11 is 1.59. The maximum absolute atomic E-state index is 13.4. The molecule has 0 aliphatic rings. The first-order valence-electron chi connectivity index (χ1n) is 11.1. The molecule has 0 atom stereocenters. The third kappa shape index (κ3) is 7.96. The van der Waals surface area contributed by atoms with Gasteiger partial charge in [-0.05, 0) is 35.1 Å². The van der Waals surface area contributed by atoms with E-state index in [0.29, 0.717) is 26.1 Å². The van der Waals surface area contributed by atoms with Gasteiger partial charge in [-0.1, -0.05) is 80.1 Å². The Morgan fingerprint density at radius 3 is 2.27 bits per heavy atom. The number of nitrogens with zero attached hydrogens (tertiary/aromatic N) is 2. The maximum atomic E-state index is 13.4. The molecule has 5 nitrogen and oxygen atoms in total. The Balaban J connectivity index is 1.79. The Hall–Kier alpha value is -2.74. The number of carbonyl (C=O) groups excluding carboxylic acids is 1. The normalized spacial score (nSPS) is 11.8. The van der Waals surface area contributed by atoms with E-state index in [9.17, 15) is 13.2 Å². The number of carbonyl (C=O) groups is 1. The molecule has 1 aromatic heterocycles. The molecular weight excluding hydrogens is 452 g/mol. The SMILES string of the molecule is CCCCN(CC(=O)N(Cc1ccccc1)Cc1cccs1)S(=O)(=O)/C=C/c1ccccc1. The van der Waals surface area contributed by atoms with Crippen LogP contribution in [0.15, 0.2) is 83.6 Å². The van der Waals surface area contributed by atoms with Crippen LogP contribution in [0.4, 0.5) is 0 Å². The maximum Gasteiger partial charge on any atom is 0.238 e. The average Bonchev–Trinajstić information content (AvgIpc) is 3.34. The van der Waals surface area contributed by atoms with Crippen LogP contribution in [-0.2, 0) is 27.9 Å². The predicted molar refractivity (Wildman–Crippen MR) is 136 cm³/mol. The fourth-order valence-electron chi connectivity index (χ4n) is 3.32. The molecule has 0 aliphatic heterocycles. The molecule has 33 heavy (non-hydrogen) atoms. The quantitative estimate of drug-likeness (QED) is 0.348. The summed E-state index contributed by atoms with van der Waals surface area (Å²) in [5.41, 5.74) is 1.81. The van der Waals surface area contributed by atoms with E-state index in [1.54, 1.807) is 22.3 Å². The van der Waals surface area contributed by atoms with E-state index in [-0.39, 0.29) is 12.5 Å². The summed E-state index contributed by atoms with van der Waals surface area (Å²) in [7, 11) is -3.75. The lowest BCUT2D eigenvalue weighted by Gasteiger charge is -2.26. The summed E-state index contributed by atoms with van der Waals surface area (Å²) in [5.74, 6) is -0.208. The van der Waals surface area contributed by atoms with Gasteiger partial charge >= 0.3 is 0 Å². The summed E-state index contributed by atoms with van der Waals surface area (Å²) in [6.07, 6.45) is 3.10. The van der Waals surface area contributed by atoms with Gasteiger partial charge < -0.3 is 4.90 Å². The standard InChI is InChI=1S/C26H30N2O3S2/c1-2-3-17-28(33(30,31)19-16-23-11-6-4-7-12-23)22-26(29)27(21-25-15-10-18-32-25)20-24-13-8-5-9-14-24/h4-16,18-19H,2-3,17,20-22H2,1H3/b19-16+. The molecule has 2 aromatic carbocycles. The van der Waals surface area contributed by atoms with Crippen LogP contribution in [0.5, 0.6) is 0 Å². The van der Waals surface area contributed by atoms with Crippen molar-refractivity contribution in [2.75, 3.05) is 13.1 Å². The van der Waals surface area contributed by atoms with Crippen LogP contribution >= 0.6 is 11.3 Å². The van der Waals surface area contributed by atoms with Crippen molar-refractivity contribution in [1.29, 1.82) is 0 Å². The Morgan fingerprint density at radius 1 is 0.939 bits per heavy atom. The van der Waals surface area contributed by atoms with Gasteiger partial charge in [0.15, 0.2) is 0 Å². The summed E-state index contributed by atoms with van der Waals surface area (Å²) in [6.45, 7) is 3.01. The number of thiophene rings is 1. The molecule has 3 rings (SSSR count). The lowest BCUT2D eigenvalue weighted by molar-refractivity contribution is -0.132. The van der Waals surface area contributed by atoms with E-state index in [2.05, 4.69) is 0 Å². The molecule has 0 bridgehead atoms. The van der Waals surface area contributed by atoms with Crippen LogP contribution in [0.1, 0.15) is 35.8 Å². The summed E-state index contributed by atoms with van der Waals surface area (Å²) in [5, 5.41) is 3.18. The van der Waals surface area contributed by atoms with Crippen molar-refractivity contribution in [3.63, 3.8) is 0 Å². The molecule has 0 saturated heterocycles. The molecular formula is C26H30N2O3S2. The van der Waals surface area contributed by atoms with Crippen molar-refractivity contribution in [2.45, 2.75) is 32.9 Å². The number of benzene rings is 2. The molecule has 7 heteroatoms. The second-order valence-electron chi connectivity index (χ2n) is 7.76. The smallest absolute Gasteiger partial charge is 0.238 e. The van der Waals surface area contributed by atoms with Gasteiger partial charge in [-0.3, -0.25) is 4.79 Å². The van der Waals surface area contributed by atoms with Crippen LogP contribution in [0.3, 0.4) is 0 Å². The molecule has 1 amide bonds. The third-order valence-electron chi connectivity index (χ3n) is 5.16. The first kappa shape index (κ1) is 24.9. The molecule has 3 aromatic rings. The van der Waals surface area contributed by atoms with E-state index < -0.39 is 10.0 Å². The van der Waals surface area contributed by atoms with E-state index in [1.165, 1.54) is 9.71 Å². The van der Waals surface area contributed by atoms with Gasteiger partial charge in [0, 0.05) is 23.4 Å². The number of rotatable bonds is 12. The molecule has 0 fully saturated rings. The van der Waals surface area contributed by atoms with Gasteiger partial charge in [-0.15, -0.1) is 11.3 Å². The molecule has 0 saturated carbocycles. The monoisotopic (exact) mass is 482 g/mol. The highest BCUT2D eigenvalue weighted by Crippen LogP contribution is 2.17. The highest BCUT2D eigenvalue weighted by atomic mass is 32.2. The van der Waals surface area contributed by atoms with Crippen LogP contribution in [0, 0.1) is 0 Å². The van der Waals surface area contributed by atoms with Crippen molar-refractivity contribution in [2.24, 2.45) is 0 Å². The zero-order chi connectivity index (χ0) is 23.5. The zero-order valence-corrected chi connectivity index (χ0v) is 20.5. The van der Waals surface area contributed by atoms with E-state index in [0.717, 1.165) is 22.4 Å². The molecule has 174 valence electrons. The van der Waals surface area contributed by atoms with Gasteiger partial charge in [0.25, 0.3) is 0 Å². The van der Waals surface area contributed by atoms with Gasteiger partial charge in [0.1, 0.15) is 0 Å². The minimum atomic E-state index is -3.75. The Kier molecular flexibility index (Phi) is 9.42. The molecule has 0 N–H and O–H groups in total. The molecule has 0 spiro atoms. The molecule has 1 heterocycles. The second-order valence-corrected chi connectivity index (χ2v) is 10.6. The third-order valence-corrected chi connectivity index (χ3v) is 7.53. The Bertz CT molecular complexity index is 1110. The highest BCUT2D eigenvalue weighted by molar-refractivity contribution is 7.92. The van der Waals surface area contributed by atoms with Gasteiger partial charge in [0.05, 0.1) is 13.1 Å². The van der Waals surface area contributed by atoms with Gasteiger partial charge in [0.2, 0.25) is 15.9 Å². The van der Waals surface area contributed by atoms with Crippen LogP contribution in [0.25, 0.3) is 6.08 Å². The van der Waals surface area contributed by atoms with Crippen molar-refractivity contribution in [1.82, 2.24) is 9.21 Å². The summed E-state index contributed by atoms with van der Waals surface area (Å²) in [4.78, 5) is 16.2. The van der Waals surface area contributed by atoms with Gasteiger partial charge in [-0.2, -0.15) is 4.31 Å². The second kappa shape index (κ2) is 12.5. The van der Waals surface area contributed by atoms with E-state index >= 15 is 0 Å². The van der Waals surface area contributed by atoms with E-state index in [1.807, 2.05) is 85.1 Å². The molecule has 0 radical (unpaired) electrons. The minimum Gasteiger partial charge on any atom is -0.332 e. The van der Waals surface area contributed by atoms with E-state index in [4.69, 9.17) is 0 Å². The van der Waals surface area contributed by atoms with Crippen LogP contribution in [-0.4, -0.2) is 36.6 Å². The summed E-state index contributed by atoms with van der Waals surface area (Å²) in [6, 6.07) is 23.0. The lowest BCUT2D eigenvalue weighted by atomic mass is 10.2. The lowest BCUT2D eigenvalue weighted by Crippen LogP contribution is -2.42. The minimum absolute atomic E-state index is 0.181. The van der Waals surface area contributed by atoms with Crippen LogP contribution < -0.4 is 0 Å². The first-order chi connectivity index (χ1) is 16.0. The highest BCUT2D eigenvalue weighted by Gasteiger charge is 2.25. The average molecular weight is 483 g/mol. The Morgan fingerprint density at radius 2 is 1.64 bits per heavy atom. The zero-order valence-electron chi connectivity index (χ0n) is 18.8. The molecule has 0 aliphatic carbocycles. The largest absolute Gasteiger partial charge is 0.332 e. The molecule has 0 unspecified atom stereocenters. The number of unbranched alkanes of at least 4 members (excludes halogenated alkanes) is 1. The first-order valence-corrected chi connectivity index (χ1v) is 13.4. The predicted octanol–water partition coefficient (Wildman–Crippen LogP) is 5.38. The van der Waals surface area contributed by atoms with Crippen molar-refractivity contribution in [3.05, 3.63) is 99.6 Å². The summed E-state index contributed by atoms with van der Waals surface area (Å²) < 4.78 is 27.5. The van der Waals surface area contributed by atoms with Crippen molar-refractivity contribution in [3.8, 4) is 0 Å². The van der Waals surface area contributed by atoms with Crippen LogP contribution in [0.2, 0.25) is 0 Å². The Labute approximate surface area is 201 Å². The number of amides is 1. The van der Waals surface area contributed by atoms with Crippen molar-refractivity contribution < 1.29 is 13.2 Å². The fraction of sp³-hybridized carbons (Fsp3) is 0.269. The topological polar surface area (TPSA) is 57.7 Å². The van der Waals surface area contributed by atoms with Crippen molar-refractivity contribution >= 4 is 33.3 Å². The number of hydrogen-bond acceptors (Lipinski definition) is 4. The number of hydrogen-bond donors (Lipinski definition) is 0. The number of sulfonamides is 1. The van der Waals surface area contributed by atoms with Gasteiger partial charge in [-0.25, -0.2) is 8.42 Å². The fourth-order valence-corrected chi connectivity index (χ4v) is 5.22.